The second-order valence-corrected chi connectivity index (χ2v) is 7.75. The monoisotopic (exact) mass is 326 g/mol. The Morgan fingerprint density at radius 2 is 1.79 bits per heavy atom. The van der Waals surface area contributed by atoms with E-state index in [1.807, 2.05) is 42.3 Å². The Bertz CT molecular complexity index is 624. The maximum Gasteiger partial charge on any atom is 0.268 e. The molecule has 1 aromatic carbocycles. The van der Waals surface area contributed by atoms with Crippen LogP contribution in [0.2, 0.25) is 0 Å². The van der Waals surface area contributed by atoms with E-state index in [1.54, 1.807) is 0 Å². The number of aldehydes is 1. The largest absolute Gasteiger partial charge is 0.303 e. The van der Waals surface area contributed by atoms with E-state index >= 15 is 0 Å². The number of nitrogens with zero attached hydrogens (tertiary/aromatic N) is 2. The lowest BCUT2D eigenvalue weighted by Gasteiger charge is -2.47. The predicted molar refractivity (Wildman–Crippen MR) is 92.3 cm³/mol. The Balaban J connectivity index is 1.71. The van der Waals surface area contributed by atoms with Crippen LogP contribution in [0, 0.1) is 11.3 Å². The van der Waals surface area contributed by atoms with E-state index in [0.717, 1.165) is 19.3 Å². The SMILES string of the molecule is C[C@H]1[C@H](C=O)[C@@H]2N(CCCC23CCCC3)N1C(=O)c1ccccc1. The van der Waals surface area contributed by atoms with Crippen molar-refractivity contribution >= 4 is 12.2 Å². The molecule has 3 atom stereocenters. The van der Waals surface area contributed by atoms with Crippen molar-refractivity contribution in [2.75, 3.05) is 6.54 Å². The van der Waals surface area contributed by atoms with Gasteiger partial charge in [-0.3, -0.25) is 9.80 Å². The summed E-state index contributed by atoms with van der Waals surface area (Å²) < 4.78 is 0. The fraction of sp³-hybridized carbons (Fsp3) is 0.600. The third-order valence-corrected chi connectivity index (χ3v) is 6.58. The molecule has 1 spiro atoms. The van der Waals surface area contributed by atoms with E-state index in [9.17, 15) is 9.59 Å². The summed E-state index contributed by atoms with van der Waals surface area (Å²) in [5.41, 5.74) is 0.949. The number of fused-ring (bicyclic) bond motifs is 2. The van der Waals surface area contributed by atoms with Crippen LogP contribution in [0.25, 0.3) is 0 Å². The Labute approximate surface area is 143 Å². The highest BCUT2D eigenvalue weighted by molar-refractivity contribution is 5.94. The normalized spacial score (nSPS) is 32.0. The number of amides is 1. The van der Waals surface area contributed by atoms with Crippen LogP contribution in [0.1, 0.15) is 55.8 Å². The second-order valence-electron chi connectivity index (χ2n) is 7.75. The highest BCUT2D eigenvalue weighted by Gasteiger charge is 2.58. The smallest absolute Gasteiger partial charge is 0.268 e. The number of carbonyl (C=O) groups excluding carboxylic acids is 2. The maximum atomic E-state index is 13.1. The van der Waals surface area contributed by atoms with Crippen LogP contribution < -0.4 is 0 Å². The molecule has 0 N–H and O–H groups in total. The van der Waals surface area contributed by atoms with Gasteiger partial charge in [-0.2, -0.15) is 0 Å². The lowest BCUT2D eigenvalue weighted by Crippen LogP contribution is -2.55. The number of carbonyl (C=O) groups is 2. The molecule has 1 aromatic rings. The van der Waals surface area contributed by atoms with Crippen molar-refractivity contribution in [3.63, 3.8) is 0 Å². The van der Waals surface area contributed by atoms with Crippen LogP contribution >= 0.6 is 0 Å². The minimum absolute atomic E-state index is 0.0347. The number of hydrogen-bond donors (Lipinski definition) is 0. The molecular formula is C20H26N2O2. The zero-order chi connectivity index (χ0) is 16.7. The second kappa shape index (κ2) is 5.99. The van der Waals surface area contributed by atoms with Crippen molar-refractivity contribution in [2.45, 2.75) is 57.5 Å². The molecule has 4 nitrogen and oxygen atoms in total. The molecule has 0 unspecified atom stereocenters. The van der Waals surface area contributed by atoms with E-state index in [4.69, 9.17) is 0 Å². The van der Waals surface area contributed by atoms with Crippen molar-refractivity contribution in [3.8, 4) is 0 Å². The number of piperidine rings is 1. The van der Waals surface area contributed by atoms with Crippen molar-refractivity contribution in [1.82, 2.24) is 10.0 Å². The van der Waals surface area contributed by atoms with E-state index in [2.05, 4.69) is 5.01 Å². The molecule has 0 radical (unpaired) electrons. The zero-order valence-corrected chi connectivity index (χ0v) is 14.4. The molecule has 2 saturated heterocycles. The van der Waals surface area contributed by atoms with Gasteiger partial charge in [-0.25, -0.2) is 5.01 Å². The van der Waals surface area contributed by atoms with Crippen molar-refractivity contribution in [3.05, 3.63) is 35.9 Å². The van der Waals surface area contributed by atoms with Gasteiger partial charge in [-0.15, -0.1) is 0 Å². The third kappa shape index (κ3) is 2.23. The molecule has 0 aromatic heterocycles. The van der Waals surface area contributed by atoms with Gasteiger partial charge in [-0.1, -0.05) is 31.0 Å². The Morgan fingerprint density at radius 3 is 2.46 bits per heavy atom. The molecule has 0 bridgehead atoms. The Hall–Kier alpha value is -1.68. The third-order valence-electron chi connectivity index (χ3n) is 6.58. The van der Waals surface area contributed by atoms with Crippen molar-refractivity contribution in [2.24, 2.45) is 11.3 Å². The van der Waals surface area contributed by atoms with Gasteiger partial charge >= 0.3 is 0 Å². The summed E-state index contributed by atoms with van der Waals surface area (Å²) in [7, 11) is 0. The Morgan fingerprint density at radius 1 is 1.12 bits per heavy atom. The highest BCUT2D eigenvalue weighted by Crippen LogP contribution is 2.54. The van der Waals surface area contributed by atoms with Gasteiger partial charge in [0, 0.05) is 18.2 Å². The summed E-state index contributed by atoms with van der Waals surface area (Å²) in [5.74, 6) is -0.0384. The molecule has 1 amide bonds. The van der Waals surface area contributed by atoms with Gasteiger partial charge in [0.25, 0.3) is 5.91 Å². The van der Waals surface area contributed by atoms with E-state index in [-0.39, 0.29) is 29.3 Å². The molecule has 1 saturated carbocycles. The summed E-state index contributed by atoms with van der Waals surface area (Å²) in [4.78, 5) is 25.1. The number of hydrogen-bond acceptors (Lipinski definition) is 3. The molecule has 24 heavy (non-hydrogen) atoms. The first kappa shape index (κ1) is 15.8. The van der Waals surface area contributed by atoms with E-state index in [1.165, 1.54) is 32.1 Å². The summed E-state index contributed by atoms with van der Waals surface area (Å²) in [5, 5.41) is 4.16. The molecule has 3 aliphatic rings. The first-order valence-electron chi connectivity index (χ1n) is 9.28. The van der Waals surface area contributed by atoms with Gasteiger partial charge in [0.05, 0.1) is 12.0 Å². The van der Waals surface area contributed by atoms with Gasteiger partial charge in [0.2, 0.25) is 0 Å². The first-order chi connectivity index (χ1) is 11.7. The van der Waals surface area contributed by atoms with Crippen LogP contribution in [-0.2, 0) is 4.79 Å². The molecule has 4 rings (SSSR count). The molecule has 3 fully saturated rings. The minimum atomic E-state index is -0.0731. The van der Waals surface area contributed by atoms with Crippen LogP contribution in [0.15, 0.2) is 30.3 Å². The average Bonchev–Trinajstić information content (AvgIpc) is 3.18. The van der Waals surface area contributed by atoms with Crippen molar-refractivity contribution in [1.29, 1.82) is 0 Å². The molecule has 4 heteroatoms. The topological polar surface area (TPSA) is 40.6 Å². The van der Waals surface area contributed by atoms with Crippen LogP contribution in [0.5, 0.6) is 0 Å². The number of rotatable bonds is 2. The molecule has 128 valence electrons. The lowest BCUT2D eigenvalue weighted by molar-refractivity contribution is -0.115. The van der Waals surface area contributed by atoms with Crippen LogP contribution in [0.3, 0.4) is 0 Å². The highest BCUT2D eigenvalue weighted by atomic mass is 16.2. The fourth-order valence-corrected chi connectivity index (χ4v) is 5.53. The van der Waals surface area contributed by atoms with E-state index in [0.29, 0.717) is 5.56 Å². The average molecular weight is 326 g/mol. The predicted octanol–water partition coefficient (Wildman–Crippen LogP) is 3.29. The first-order valence-corrected chi connectivity index (χ1v) is 9.28. The quantitative estimate of drug-likeness (QED) is 0.783. The summed E-state index contributed by atoms with van der Waals surface area (Å²) >= 11 is 0. The van der Waals surface area contributed by atoms with E-state index < -0.39 is 0 Å². The van der Waals surface area contributed by atoms with Gasteiger partial charge < -0.3 is 4.79 Å². The Kier molecular flexibility index (Phi) is 3.95. The molecule has 2 aliphatic heterocycles. The fourth-order valence-electron chi connectivity index (χ4n) is 5.53. The summed E-state index contributed by atoms with van der Waals surface area (Å²) in [6, 6.07) is 9.61. The molecule has 1 aliphatic carbocycles. The zero-order valence-electron chi connectivity index (χ0n) is 14.4. The standard InChI is InChI=1S/C20H26N2O2/c1-15-17(14-23)18-20(10-5-6-11-20)12-7-13-21(18)22(15)19(24)16-8-3-2-4-9-16/h2-4,8-9,14-15,17-18H,5-7,10-13H2,1H3/t15-,17-,18-/m0/s1. The maximum absolute atomic E-state index is 13.1. The van der Waals surface area contributed by atoms with Gasteiger partial charge in [0.1, 0.15) is 6.29 Å². The minimum Gasteiger partial charge on any atom is -0.303 e. The molecule has 2 heterocycles. The van der Waals surface area contributed by atoms with Crippen LogP contribution in [0.4, 0.5) is 0 Å². The molecular weight excluding hydrogens is 300 g/mol. The number of benzene rings is 1. The van der Waals surface area contributed by atoms with Gasteiger partial charge in [0.15, 0.2) is 0 Å². The van der Waals surface area contributed by atoms with Gasteiger partial charge in [-0.05, 0) is 50.2 Å². The summed E-state index contributed by atoms with van der Waals surface area (Å²) in [6.07, 6.45) is 8.38. The van der Waals surface area contributed by atoms with Crippen molar-refractivity contribution < 1.29 is 9.59 Å². The van der Waals surface area contributed by atoms with Crippen LogP contribution in [-0.4, -0.2) is 40.8 Å². The lowest BCUT2D eigenvalue weighted by atomic mass is 9.68. The summed E-state index contributed by atoms with van der Waals surface area (Å²) in [6.45, 7) is 2.93. The number of hydrazine groups is 1.